The van der Waals surface area contributed by atoms with Gasteiger partial charge in [0.15, 0.2) is 9.84 Å². The van der Waals surface area contributed by atoms with E-state index in [0.29, 0.717) is 31.9 Å². The molecule has 26 heavy (non-hydrogen) atoms. The highest BCUT2D eigenvalue weighted by Gasteiger charge is 2.32. The number of hydrogen-bond acceptors (Lipinski definition) is 5. The summed E-state index contributed by atoms with van der Waals surface area (Å²) in [6.07, 6.45) is 3.55. The molecule has 2 fully saturated rings. The number of anilines is 1. The smallest absolute Gasteiger partial charge is 0.225 e. The maximum Gasteiger partial charge on any atom is 0.225 e. The van der Waals surface area contributed by atoms with Gasteiger partial charge in [-0.1, -0.05) is 0 Å². The molecular weight excluding hydrogens is 381 g/mol. The molecule has 9 heteroatoms. The third-order valence-corrected chi connectivity index (χ3v) is 6.21. The Bertz CT molecular complexity index is 767. The van der Waals surface area contributed by atoms with Crippen LogP contribution in [0.25, 0.3) is 0 Å². The third kappa shape index (κ3) is 4.47. The van der Waals surface area contributed by atoms with E-state index in [1.54, 1.807) is 0 Å². The lowest BCUT2D eigenvalue weighted by atomic mass is 10.1. The summed E-state index contributed by atoms with van der Waals surface area (Å²) in [6.45, 7) is 2.13. The molecule has 6 nitrogen and oxygen atoms in total. The van der Waals surface area contributed by atoms with Gasteiger partial charge in [-0.05, 0) is 37.5 Å². The van der Waals surface area contributed by atoms with Gasteiger partial charge in [0.25, 0.3) is 0 Å². The van der Waals surface area contributed by atoms with Gasteiger partial charge in [-0.3, -0.25) is 4.79 Å². The molecule has 0 aromatic heterocycles. The van der Waals surface area contributed by atoms with Crippen LogP contribution < -0.4 is 10.6 Å². The van der Waals surface area contributed by atoms with E-state index in [1.165, 1.54) is 12.1 Å². The highest BCUT2D eigenvalue weighted by atomic mass is 35.5. The van der Waals surface area contributed by atoms with Crippen LogP contribution in [0.4, 0.5) is 10.1 Å². The van der Waals surface area contributed by atoms with Gasteiger partial charge in [0.05, 0.1) is 10.6 Å². The lowest BCUT2D eigenvalue weighted by Gasteiger charge is -2.37. The predicted molar refractivity (Wildman–Crippen MR) is 101 cm³/mol. The van der Waals surface area contributed by atoms with Crippen molar-refractivity contribution in [1.82, 2.24) is 4.90 Å². The maximum atomic E-state index is 14.3. The number of hydrogen-bond donors (Lipinski definition) is 1. The van der Waals surface area contributed by atoms with Crippen LogP contribution in [0.15, 0.2) is 23.1 Å². The molecule has 2 atom stereocenters. The Hall–Kier alpha value is -1.38. The molecule has 0 bridgehead atoms. The number of benzene rings is 1. The molecule has 2 aliphatic rings. The zero-order valence-corrected chi connectivity index (χ0v) is 16.4. The highest BCUT2D eigenvalue weighted by molar-refractivity contribution is 7.90. The summed E-state index contributed by atoms with van der Waals surface area (Å²) >= 11 is 0. The quantitative estimate of drug-likeness (QED) is 0.822. The Balaban J connectivity index is 0.00000243. The Labute approximate surface area is 159 Å². The monoisotopic (exact) mass is 405 g/mol. The molecule has 1 saturated heterocycles. The predicted octanol–water partition coefficient (Wildman–Crippen LogP) is 1.43. The fourth-order valence-electron chi connectivity index (χ4n) is 3.64. The van der Waals surface area contributed by atoms with Crippen LogP contribution in [0.5, 0.6) is 0 Å². The van der Waals surface area contributed by atoms with Crippen molar-refractivity contribution < 1.29 is 17.6 Å². The molecule has 1 aliphatic carbocycles. The Morgan fingerprint density at radius 1 is 1.19 bits per heavy atom. The van der Waals surface area contributed by atoms with Gasteiger partial charge >= 0.3 is 0 Å². The summed E-state index contributed by atoms with van der Waals surface area (Å²) in [7, 11) is -3.43. The topological polar surface area (TPSA) is 83.7 Å². The van der Waals surface area contributed by atoms with Gasteiger partial charge < -0.3 is 15.5 Å². The zero-order valence-electron chi connectivity index (χ0n) is 14.7. The van der Waals surface area contributed by atoms with Crippen LogP contribution in [0.1, 0.15) is 19.3 Å². The van der Waals surface area contributed by atoms with Crippen molar-refractivity contribution in [2.45, 2.75) is 30.2 Å². The molecular formula is C17H25ClFN3O3S. The molecule has 0 unspecified atom stereocenters. The summed E-state index contributed by atoms with van der Waals surface area (Å²) < 4.78 is 37.3. The van der Waals surface area contributed by atoms with E-state index >= 15 is 0 Å². The lowest BCUT2D eigenvalue weighted by molar-refractivity contribution is -0.135. The van der Waals surface area contributed by atoms with Gasteiger partial charge in [-0.25, -0.2) is 12.8 Å². The third-order valence-electron chi connectivity index (χ3n) is 5.10. The van der Waals surface area contributed by atoms with Crippen molar-refractivity contribution in [2.75, 3.05) is 37.3 Å². The summed E-state index contributed by atoms with van der Waals surface area (Å²) in [5, 5.41) is 0. The first-order chi connectivity index (χ1) is 11.8. The normalized spacial score (nSPS) is 23.7. The van der Waals surface area contributed by atoms with Crippen molar-refractivity contribution in [1.29, 1.82) is 0 Å². The number of piperazine rings is 1. The molecule has 1 heterocycles. The van der Waals surface area contributed by atoms with Crippen LogP contribution in [0.3, 0.4) is 0 Å². The molecule has 1 saturated carbocycles. The van der Waals surface area contributed by atoms with Gasteiger partial charge in [0, 0.05) is 44.4 Å². The highest BCUT2D eigenvalue weighted by Crippen LogP contribution is 2.28. The van der Waals surface area contributed by atoms with E-state index in [2.05, 4.69) is 0 Å². The Morgan fingerprint density at radius 3 is 2.35 bits per heavy atom. The van der Waals surface area contributed by atoms with E-state index in [-0.39, 0.29) is 35.2 Å². The minimum atomic E-state index is -3.43. The second-order valence-electron chi connectivity index (χ2n) is 6.97. The Morgan fingerprint density at radius 2 is 1.85 bits per heavy atom. The first-order valence-electron chi connectivity index (χ1n) is 8.54. The second kappa shape index (κ2) is 8.10. The van der Waals surface area contributed by atoms with Gasteiger partial charge in [0.2, 0.25) is 5.91 Å². The first-order valence-corrected chi connectivity index (χ1v) is 10.4. The van der Waals surface area contributed by atoms with Crippen LogP contribution in [-0.4, -0.2) is 57.7 Å². The number of nitrogens with two attached hydrogens (primary N) is 1. The van der Waals surface area contributed by atoms with Crippen molar-refractivity contribution in [2.24, 2.45) is 11.7 Å². The second-order valence-corrected chi connectivity index (χ2v) is 8.98. The van der Waals surface area contributed by atoms with Gasteiger partial charge in [-0.2, -0.15) is 0 Å². The van der Waals surface area contributed by atoms with Crippen LogP contribution in [-0.2, 0) is 14.6 Å². The number of rotatable bonds is 3. The summed E-state index contributed by atoms with van der Waals surface area (Å²) in [5.41, 5.74) is 6.26. The number of carbonyl (C=O) groups is 1. The largest absolute Gasteiger partial charge is 0.366 e. The first kappa shape index (κ1) is 20.9. The molecule has 0 radical (unpaired) electrons. The molecule has 3 rings (SSSR count). The van der Waals surface area contributed by atoms with Crippen molar-refractivity contribution in [3.63, 3.8) is 0 Å². The maximum absolute atomic E-state index is 14.3. The molecule has 146 valence electrons. The number of sulfone groups is 1. The molecule has 1 aromatic rings. The van der Waals surface area contributed by atoms with E-state index in [4.69, 9.17) is 5.73 Å². The number of halogens is 2. The molecule has 1 aromatic carbocycles. The van der Waals surface area contributed by atoms with E-state index in [0.717, 1.165) is 31.6 Å². The minimum absolute atomic E-state index is 0. The molecule has 1 amide bonds. The fraction of sp³-hybridized carbons (Fsp3) is 0.588. The number of carbonyl (C=O) groups excluding carboxylic acids is 1. The van der Waals surface area contributed by atoms with Crippen LogP contribution in [0.2, 0.25) is 0 Å². The summed E-state index contributed by atoms with van der Waals surface area (Å²) in [4.78, 5) is 16.2. The van der Waals surface area contributed by atoms with E-state index in [9.17, 15) is 17.6 Å². The zero-order chi connectivity index (χ0) is 18.2. The number of nitrogens with zero attached hydrogens (tertiary/aromatic N) is 2. The fourth-order valence-corrected chi connectivity index (χ4v) is 4.27. The average molecular weight is 406 g/mol. The Kier molecular flexibility index (Phi) is 6.52. The van der Waals surface area contributed by atoms with Gasteiger partial charge in [0.1, 0.15) is 5.82 Å². The van der Waals surface area contributed by atoms with Crippen LogP contribution in [0, 0.1) is 11.7 Å². The molecule has 1 aliphatic heterocycles. The van der Waals surface area contributed by atoms with Crippen molar-refractivity contribution >= 4 is 33.8 Å². The summed E-state index contributed by atoms with van der Waals surface area (Å²) in [5.74, 6) is -0.378. The molecule has 0 spiro atoms. The minimum Gasteiger partial charge on any atom is -0.366 e. The number of amides is 1. The standard InChI is InChI=1S/C17H24FN3O3S.ClH/c1-25(23,24)14-4-5-16(15(18)11-14)20-6-8-21(9-7-20)17(22)12-2-3-13(19)10-12;/h4-5,11-13H,2-3,6-10,19H2,1H3;1H/t12-,13+;/m0./s1. The van der Waals surface area contributed by atoms with E-state index < -0.39 is 15.7 Å². The van der Waals surface area contributed by atoms with Crippen molar-refractivity contribution in [3.8, 4) is 0 Å². The van der Waals surface area contributed by atoms with Gasteiger partial charge in [-0.15, -0.1) is 12.4 Å². The lowest BCUT2D eigenvalue weighted by Crippen LogP contribution is -2.50. The summed E-state index contributed by atoms with van der Waals surface area (Å²) in [6, 6.07) is 4.10. The van der Waals surface area contributed by atoms with Crippen LogP contribution >= 0.6 is 12.4 Å². The SMILES string of the molecule is CS(=O)(=O)c1ccc(N2CCN(C(=O)[C@H]3CC[C@@H](N)C3)CC2)c(F)c1.Cl. The van der Waals surface area contributed by atoms with E-state index in [1.807, 2.05) is 9.80 Å². The molecule has 2 N–H and O–H groups in total. The average Bonchev–Trinajstić information content (AvgIpc) is 3.00. The van der Waals surface area contributed by atoms with Crippen molar-refractivity contribution in [3.05, 3.63) is 24.0 Å².